The fourth-order valence-corrected chi connectivity index (χ4v) is 3.17. The summed E-state index contributed by atoms with van der Waals surface area (Å²) in [5, 5.41) is 0. The topological polar surface area (TPSA) is 71.1 Å². The summed E-state index contributed by atoms with van der Waals surface area (Å²) in [6, 6.07) is 0. The maximum absolute atomic E-state index is 12.3. The predicted octanol–water partition coefficient (Wildman–Crippen LogP) is 2.05. The van der Waals surface area contributed by atoms with E-state index in [4.69, 9.17) is 18.9 Å². The summed E-state index contributed by atoms with van der Waals surface area (Å²) < 4.78 is 21.9. The minimum absolute atomic E-state index is 0.0443. The summed E-state index contributed by atoms with van der Waals surface area (Å²) in [4.78, 5) is 24.6. The Morgan fingerprint density at radius 2 is 1.64 bits per heavy atom. The van der Waals surface area contributed by atoms with Gasteiger partial charge in [0.2, 0.25) is 5.41 Å². The van der Waals surface area contributed by atoms with Crippen molar-refractivity contribution in [2.24, 2.45) is 11.3 Å². The smallest absolute Gasteiger partial charge is 0.328 e. The highest BCUT2D eigenvalue weighted by atomic mass is 16.7. The minimum Gasteiger partial charge on any atom is -0.465 e. The molecule has 1 heterocycles. The van der Waals surface area contributed by atoms with E-state index < -0.39 is 23.1 Å². The molecule has 0 radical (unpaired) electrons. The van der Waals surface area contributed by atoms with Gasteiger partial charge in [-0.1, -0.05) is 13.3 Å². The van der Waals surface area contributed by atoms with Crippen LogP contribution >= 0.6 is 0 Å². The first-order valence-electron chi connectivity index (χ1n) is 8.10. The second-order valence-corrected chi connectivity index (χ2v) is 6.21. The van der Waals surface area contributed by atoms with Gasteiger partial charge in [-0.3, -0.25) is 9.59 Å². The molecule has 0 bridgehead atoms. The average Bonchev–Trinajstić information content (AvgIpc) is 2.48. The molecule has 0 amide bonds. The highest BCUT2D eigenvalue weighted by Crippen LogP contribution is 2.42. The van der Waals surface area contributed by atoms with Gasteiger partial charge in [0.05, 0.1) is 26.4 Å². The maximum Gasteiger partial charge on any atom is 0.328 e. The van der Waals surface area contributed by atoms with Gasteiger partial charge in [-0.05, 0) is 26.2 Å². The summed E-state index contributed by atoms with van der Waals surface area (Å²) in [6.07, 6.45) is 3.75. The molecule has 6 nitrogen and oxygen atoms in total. The third kappa shape index (κ3) is 3.27. The van der Waals surface area contributed by atoms with Crippen molar-refractivity contribution in [1.82, 2.24) is 0 Å². The second kappa shape index (κ2) is 6.96. The number of carbonyl (C=O) groups is 2. The molecule has 1 spiro atoms. The predicted molar refractivity (Wildman–Crippen MR) is 78.0 cm³/mol. The van der Waals surface area contributed by atoms with Crippen molar-refractivity contribution in [2.45, 2.75) is 52.2 Å². The zero-order valence-electron chi connectivity index (χ0n) is 13.7. The van der Waals surface area contributed by atoms with E-state index in [0.717, 1.165) is 25.7 Å². The lowest BCUT2D eigenvalue weighted by molar-refractivity contribution is -0.314. The van der Waals surface area contributed by atoms with E-state index in [1.54, 1.807) is 13.8 Å². The van der Waals surface area contributed by atoms with Gasteiger partial charge in [-0.15, -0.1) is 0 Å². The summed E-state index contributed by atoms with van der Waals surface area (Å²) in [5.74, 6) is -1.43. The van der Waals surface area contributed by atoms with Crippen LogP contribution in [-0.4, -0.2) is 44.2 Å². The molecule has 1 unspecified atom stereocenters. The third-order valence-electron chi connectivity index (χ3n) is 4.41. The van der Waals surface area contributed by atoms with Gasteiger partial charge in [0, 0.05) is 12.8 Å². The van der Waals surface area contributed by atoms with E-state index >= 15 is 0 Å². The van der Waals surface area contributed by atoms with E-state index in [-0.39, 0.29) is 26.4 Å². The molecule has 1 atom stereocenters. The van der Waals surface area contributed by atoms with Crippen molar-refractivity contribution in [3.63, 3.8) is 0 Å². The fraction of sp³-hybridized carbons (Fsp3) is 0.875. The zero-order chi connectivity index (χ0) is 16.2. The Morgan fingerprint density at radius 1 is 1.09 bits per heavy atom. The van der Waals surface area contributed by atoms with Gasteiger partial charge in [0.25, 0.3) is 0 Å². The summed E-state index contributed by atoms with van der Waals surface area (Å²) >= 11 is 0. The molecule has 1 saturated heterocycles. The Hall–Kier alpha value is -1.14. The van der Waals surface area contributed by atoms with E-state index in [0.29, 0.717) is 5.92 Å². The van der Waals surface area contributed by atoms with Crippen molar-refractivity contribution >= 4 is 11.9 Å². The number of rotatable bonds is 4. The first-order valence-corrected chi connectivity index (χ1v) is 8.10. The number of hydrogen-bond donors (Lipinski definition) is 0. The van der Waals surface area contributed by atoms with Gasteiger partial charge in [0.1, 0.15) is 0 Å². The summed E-state index contributed by atoms with van der Waals surface area (Å²) in [6.45, 7) is 5.86. The normalized spacial score (nSPS) is 26.4. The molecule has 0 aromatic heterocycles. The molecule has 2 rings (SSSR count). The van der Waals surface area contributed by atoms with Crippen molar-refractivity contribution < 1.29 is 28.5 Å². The van der Waals surface area contributed by atoms with Crippen LogP contribution in [0.3, 0.4) is 0 Å². The van der Waals surface area contributed by atoms with Crippen LogP contribution in [0.1, 0.15) is 46.5 Å². The Labute approximate surface area is 131 Å². The molecule has 1 saturated carbocycles. The summed E-state index contributed by atoms with van der Waals surface area (Å²) in [7, 11) is 0. The molecule has 6 heteroatoms. The minimum atomic E-state index is -1.50. The monoisotopic (exact) mass is 314 g/mol. The third-order valence-corrected chi connectivity index (χ3v) is 4.41. The fourth-order valence-electron chi connectivity index (χ4n) is 3.17. The van der Waals surface area contributed by atoms with E-state index in [1.165, 1.54) is 0 Å². The van der Waals surface area contributed by atoms with Gasteiger partial charge in [-0.2, -0.15) is 0 Å². The number of hydrogen-bond acceptors (Lipinski definition) is 6. The molecular weight excluding hydrogens is 288 g/mol. The van der Waals surface area contributed by atoms with Gasteiger partial charge in [-0.25, -0.2) is 0 Å². The van der Waals surface area contributed by atoms with Crippen LogP contribution < -0.4 is 0 Å². The van der Waals surface area contributed by atoms with Gasteiger partial charge < -0.3 is 18.9 Å². The molecule has 126 valence electrons. The van der Waals surface area contributed by atoms with Crippen LogP contribution in [0.5, 0.6) is 0 Å². The zero-order valence-corrected chi connectivity index (χ0v) is 13.7. The Kier molecular flexibility index (Phi) is 5.45. The van der Waals surface area contributed by atoms with Crippen LogP contribution in [0, 0.1) is 11.3 Å². The van der Waals surface area contributed by atoms with Gasteiger partial charge in [0.15, 0.2) is 5.79 Å². The lowest BCUT2D eigenvalue weighted by Crippen LogP contribution is -2.58. The number of ether oxygens (including phenoxy) is 4. The largest absolute Gasteiger partial charge is 0.465 e. The molecule has 0 aromatic rings. The molecule has 2 aliphatic rings. The molecule has 0 aromatic carbocycles. The number of esters is 2. The lowest BCUT2D eigenvalue weighted by Gasteiger charge is -2.46. The first-order chi connectivity index (χ1) is 10.5. The van der Waals surface area contributed by atoms with Crippen molar-refractivity contribution in [1.29, 1.82) is 0 Å². The highest BCUT2D eigenvalue weighted by molar-refractivity contribution is 6.00. The van der Waals surface area contributed by atoms with E-state index in [9.17, 15) is 9.59 Å². The van der Waals surface area contributed by atoms with Crippen LogP contribution in [0.4, 0.5) is 0 Å². The summed E-state index contributed by atoms with van der Waals surface area (Å²) in [5.41, 5.74) is -1.50. The average molecular weight is 314 g/mol. The molecule has 1 aliphatic heterocycles. The molecule has 2 fully saturated rings. The molecule has 0 N–H and O–H groups in total. The van der Waals surface area contributed by atoms with Crippen LogP contribution in [-0.2, 0) is 28.5 Å². The Morgan fingerprint density at radius 3 is 2.09 bits per heavy atom. The van der Waals surface area contributed by atoms with Crippen molar-refractivity contribution in [3.8, 4) is 0 Å². The molecule has 1 aliphatic carbocycles. The lowest BCUT2D eigenvalue weighted by atomic mass is 9.83. The Balaban J connectivity index is 2.13. The highest BCUT2D eigenvalue weighted by Gasteiger charge is 2.56. The first kappa shape index (κ1) is 17.2. The SMILES string of the molecule is CCOC(=O)C1(C(=O)OCC)COC2(CCCC(C)C2)OC1. The second-order valence-electron chi connectivity index (χ2n) is 6.21. The van der Waals surface area contributed by atoms with Crippen molar-refractivity contribution in [3.05, 3.63) is 0 Å². The molecule has 22 heavy (non-hydrogen) atoms. The van der Waals surface area contributed by atoms with Gasteiger partial charge >= 0.3 is 11.9 Å². The van der Waals surface area contributed by atoms with E-state index in [1.807, 2.05) is 0 Å². The van der Waals surface area contributed by atoms with Crippen LogP contribution in [0.15, 0.2) is 0 Å². The van der Waals surface area contributed by atoms with Crippen molar-refractivity contribution in [2.75, 3.05) is 26.4 Å². The molecular formula is C16H26O6. The van der Waals surface area contributed by atoms with Crippen LogP contribution in [0.2, 0.25) is 0 Å². The standard InChI is InChI=1S/C16H26O6/c1-4-19-13(17)15(14(18)20-5-2)10-21-16(22-11-15)8-6-7-12(3)9-16/h12H,4-11H2,1-3H3. The number of carbonyl (C=O) groups excluding carboxylic acids is 2. The Bertz CT molecular complexity index is 391. The maximum atomic E-state index is 12.3. The quantitative estimate of drug-likeness (QED) is 0.584. The van der Waals surface area contributed by atoms with E-state index in [2.05, 4.69) is 6.92 Å². The van der Waals surface area contributed by atoms with Crippen LogP contribution in [0.25, 0.3) is 0 Å².